The molecule has 1 aliphatic heterocycles. The third kappa shape index (κ3) is 3.81. The zero-order valence-corrected chi connectivity index (χ0v) is 13.8. The van der Waals surface area contributed by atoms with Crippen molar-refractivity contribution in [3.05, 3.63) is 0 Å². The minimum atomic E-state index is -1.08. The first-order valence-electron chi connectivity index (χ1n) is 6.88. The van der Waals surface area contributed by atoms with Crippen LogP contribution in [0, 0.1) is 10.8 Å². The SMILES string of the molecule is C/C(=N\OC(=O)C1(C)CC(C(C)(C)C)=NO1)C(C)(C)C. The molecule has 1 heterocycles. The lowest BCUT2D eigenvalue weighted by Gasteiger charge is -2.21. The van der Waals surface area contributed by atoms with Crippen LogP contribution in [-0.4, -0.2) is 23.0 Å². The number of rotatable bonds is 2. The van der Waals surface area contributed by atoms with E-state index in [9.17, 15) is 4.79 Å². The fourth-order valence-corrected chi connectivity index (χ4v) is 1.39. The third-order valence-corrected chi connectivity index (χ3v) is 3.51. The second-order valence-electron chi connectivity index (χ2n) is 7.59. The van der Waals surface area contributed by atoms with Crippen molar-refractivity contribution in [2.75, 3.05) is 0 Å². The van der Waals surface area contributed by atoms with Crippen molar-refractivity contribution < 1.29 is 14.5 Å². The smallest absolute Gasteiger partial charge is 0.377 e. The van der Waals surface area contributed by atoms with Crippen LogP contribution in [-0.2, 0) is 14.5 Å². The highest BCUT2D eigenvalue weighted by Crippen LogP contribution is 2.32. The summed E-state index contributed by atoms with van der Waals surface area (Å²) in [5.41, 5.74) is 0.274. The van der Waals surface area contributed by atoms with E-state index in [0.717, 1.165) is 11.4 Å². The molecule has 0 bridgehead atoms. The summed E-state index contributed by atoms with van der Waals surface area (Å²) in [7, 11) is 0. The molecule has 0 aliphatic carbocycles. The van der Waals surface area contributed by atoms with E-state index >= 15 is 0 Å². The third-order valence-electron chi connectivity index (χ3n) is 3.51. The summed E-state index contributed by atoms with van der Waals surface area (Å²) in [4.78, 5) is 22.5. The Hall–Kier alpha value is -1.39. The van der Waals surface area contributed by atoms with Gasteiger partial charge in [-0.1, -0.05) is 51.9 Å². The molecule has 1 unspecified atom stereocenters. The van der Waals surface area contributed by atoms with E-state index in [-0.39, 0.29) is 10.8 Å². The molecule has 1 rings (SSSR count). The standard InChI is InChI=1S/C15H26N2O3/c1-10(13(2,3)4)16-19-12(18)15(8)9-11(17-20-15)14(5,6)7/h9H2,1-8H3/b16-10+. The van der Waals surface area contributed by atoms with Crippen LogP contribution < -0.4 is 0 Å². The Labute approximate surface area is 121 Å². The average molecular weight is 282 g/mol. The maximum atomic E-state index is 12.1. The summed E-state index contributed by atoms with van der Waals surface area (Å²) in [6.07, 6.45) is 0.430. The normalized spacial score (nSPS) is 24.2. The van der Waals surface area contributed by atoms with Gasteiger partial charge in [0.25, 0.3) is 0 Å². The first-order chi connectivity index (χ1) is 8.86. The number of nitrogens with zero attached hydrogens (tertiary/aromatic N) is 2. The molecule has 1 atom stereocenters. The van der Waals surface area contributed by atoms with Crippen molar-refractivity contribution in [1.29, 1.82) is 0 Å². The second-order valence-corrected chi connectivity index (χ2v) is 7.59. The zero-order chi connectivity index (χ0) is 15.8. The monoisotopic (exact) mass is 282 g/mol. The van der Waals surface area contributed by atoms with Gasteiger partial charge in [0.1, 0.15) is 0 Å². The van der Waals surface area contributed by atoms with Gasteiger partial charge in [-0.3, -0.25) is 0 Å². The number of carbonyl (C=O) groups excluding carboxylic acids is 1. The molecule has 0 aromatic carbocycles. The van der Waals surface area contributed by atoms with Crippen molar-refractivity contribution in [2.24, 2.45) is 21.1 Å². The second kappa shape index (κ2) is 5.19. The van der Waals surface area contributed by atoms with Crippen molar-refractivity contribution in [2.45, 2.75) is 67.4 Å². The fraction of sp³-hybridized carbons (Fsp3) is 0.800. The first kappa shape index (κ1) is 16.7. The molecule has 0 saturated carbocycles. The minimum Gasteiger partial charge on any atom is -0.377 e. The van der Waals surface area contributed by atoms with Gasteiger partial charge >= 0.3 is 5.97 Å². The molecule has 0 aromatic rings. The average Bonchev–Trinajstić information content (AvgIpc) is 2.68. The van der Waals surface area contributed by atoms with Crippen LogP contribution in [0.2, 0.25) is 0 Å². The van der Waals surface area contributed by atoms with Gasteiger partial charge in [0.15, 0.2) is 0 Å². The molecule has 0 aromatic heterocycles. The van der Waals surface area contributed by atoms with Crippen molar-refractivity contribution in [3.63, 3.8) is 0 Å². The highest BCUT2D eigenvalue weighted by molar-refractivity contribution is 5.96. The summed E-state index contributed by atoms with van der Waals surface area (Å²) in [5.74, 6) is -0.510. The summed E-state index contributed by atoms with van der Waals surface area (Å²) < 4.78 is 0. The molecule has 0 fully saturated rings. The largest absolute Gasteiger partial charge is 0.381 e. The summed E-state index contributed by atoms with van der Waals surface area (Å²) >= 11 is 0. The van der Waals surface area contributed by atoms with Crippen LogP contribution in [0.3, 0.4) is 0 Å². The Morgan fingerprint density at radius 1 is 1.30 bits per heavy atom. The lowest BCUT2D eigenvalue weighted by atomic mass is 9.84. The maximum absolute atomic E-state index is 12.1. The van der Waals surface area contributed by atoms with Gasteiger partial charge in [0, 0.05) is 17.3 Å². The van der Waals surface area contributed by atoms with Crippen LogP contribution >= 0.6 is 0 Å². The molecular formula is C15H26N2O3. The van der Waals surface area contributed by atoms with E-state index in [1.807, 2.05) is 48.5 Å². The number of carbonyl (C=O) groups is 1. The Morgan fingerprint density at radius 3 is 2.25 bits per heavy atom. The van der Waals surface area contributed by atoms with E-state index in [2.05, 4.69) is 10.3 Å². The lowest BCUT2D eigenvalue weighted by molar-refractivity contribution is -0.167. The van der Waals surface area contributed by atoms with Crippen LogP contribution in [0.4, 0.5) is 0 Å². The summed E-state index contributed by atoms with van der Waals surface area (Å²) in [6, 6.07) is 0. The molecule has 0 spiro atoms. The topological polar surface area (TPSA) is 60.2 Å². The molecule has 5 nitrogen and oxygen atoms in total. The number of oxime groups is 2. The predicted octanol–water partition coefficient (Wildman–Crippen LogP) is 3.53. The zero-order valence-electron chi connectivity index (χ0n) is 13.8. The summed E-state index contributed by atoms with van der Waals surface area (Å²) in [6.45, 7) is 15.6. The molecular weight excluding hydrogens is 256 g/mol. The predicted molar refractivity (Wildman–Crippen MR) is 79.7 cm³/mol. The highest BCUT2D eigenvalue weighted by Gasteiger charge is 2.46. The van der Waals surface area contributed by atoms with Gasteiger partial charge in [0.2, 0.25) is 5.60 Å². The molecule has 0 radical (unpaired) electrons. The van der Waals surface area contributed by atoms with Crippen molar-refractivity contribution in [3.8, 4) is 0 Å². The minimum absolute atomic E-state index is 0.122. The van der Waals surface area contributed by atoms with Gasteiger partial charge in [-0.05, 0) is 13.8 Å². The summed E-state index contributed by atoms with van der Waals surface area (Å²) in [5, 5.41) is 7.93. The Morgan fingerprint density at radius 2 is 1.85 bits per heavy atom. The maximum Gasteiger partial charge on any atom is 0.381 e. The molecule has 20 heavy (non-hydrogen) atoms. The lowest BCUT2D eigenvalue weighted by Crippen LogP contribution is -2.38. The molecule has 5 heteroatoms. The Bertz CT molecular complexity index is 453. The van der Waals surface area contributed by atoms with Gasteiger partial charge < -0.3 is 9.68 Å². The van der Waals surface area contributed by atoms with Gasteiger partial charge in [-0.2, -0.15) is 0 Å². The number of hydrogen-bond acceptors (Lipinski definition) is 5. The molecule has 0 N–H and O–H groups in total. The van der Waals surface area contributed by atoms with Gasteiger partial charge in [-0.25, -0.2) is 4.79 Å². The molecule has 0 amide bonds. The molecule has 114 valence electrons. The van der Waals surface area contributed by atoms with Gasteiger partial charge in [0.05, 0.1) is 11.4 Å². The van der Waals surface area contributed by atoms with Crippen LogP contribution in [0.25, 0.3) is 0 Å². The quantitative estimate of drug-likeness (QED) is 0.442. The Balaban J connectivity index is 2.72. The van der Waals surface area contributed by atoms with E-state index in [1.165, 1.54) is 0 Å². The Kier molecular flexibility index (Phi) is 4.32. The fourth-order valence-electron chi connectivity index (χ4n) is 1.39. The van der Waals surface area contributed by atoms with Crippen LogP contribution in [0.15, 0.2) is 10.3 Å². The van der Waals surface area contributed by atoms with E-state index < -0.39 is 11.6 Å². The molecule has 0 saturated heterocycles. The van der Waals surface area contributed by atoms with E-state index in [4.69, 9.17) is 9.68 Å². The first-order valence-corrected chi connectivity index (χ1v) is 6.88. The van der Waals surface area contributed by atoms with Gasteiger partial charge in [-0.15, -0.1) is 0 Å². The number of hydrogen-bond donors (Lipinski definition) is 0. The van der Waals surface area contributed by atoms with Crippen molar-refractivity contribution >= 4 is 17.4 Å². The van der Waals surface area contributed by atoms with E-state index in [1.54, 1.807) is 6.92 Å². The van der Waals surface area contributed by atoms with E-state index in [0.29, 0.717) is 6.42 Å². The van der Waals surface area contributed by atoms with Crippen LogP contribution in [0.5, 0.6) is 0 Å². The van der Waals surface area contributed by atoms with Crippen LogP contribution in [0.1, 0.15) is 61.8 Å². The highest BCUT2D eigenvalue weighted by atomic mass is 16.7. The molecule has 1 aliphatic rings. The van der Waals surface area contributed by atoms with Crippen molar-refractivity contribution in [1.82, 2.24) is 0 Å².